The van der Waals surface area contributed by atoms with Crippen LogP contribution in [0.5, 0.6) is 17.2 Å². The molecular weight excluding hydrogens is 516 g/mol. The standard InChI is InChI=1S/C31H43F2N3O4/c1-4-5-6-7-8-9-10-11-20-40-31-28(38-2)21-24(22-29(31)39-3)12-15-30(37)34-36-18-16-35(17-19-36)27-14-13-25(32)23-26(27)33/h12-15,21-23H,4-11,16-20H2,1-3H3,(H,34,37)/b15-12+. The van der Waals surface area contributed by atoms with Gasteiger partial charge in [0.1, 0.15) is 11.6 Å². The third kappa shape index (κ3) is 9.70. The molecule has 9 heteroatoms. The number of methoxy groups -OCH3 is 2. The Morgan fingerprint density at radius 3 is 2.12 bits per heavy atom. The van der Waals surface area contributed by atoms with Crippen LogP contribution >= 0.6 is 0 Å². The van der Waals surface area contributed by atoms with Crippen molar-refractivity contribution < 1.29 is 27.8 Å². The molecule has 220 valence electrons. The molecule has 2 aromatic rings. The number of hydrazine groups is 1. The highest BCUT2D eigenvalue weighted by molar-refractivity contribution is 5.91. The Kier molecular flexibility index (Phi) is 13.0. The van der Waals surface area contributed by atoms with Crippen molar-refractivity contribution >= 4 is 17.7 Å². The maximum absolute atomic E-state index is 14.1. The number of carbonyl (C=O) groups is 1. The molecule has 0 atom stereocenters. The number of piperazine rings is 1. The van der Waals surface area contributed by atoms with Crippen molar-refractivity contribution in [1.29, 1.82) is 0 Å². The summed E-state index contributed by atoms with van der Waals surface area (Å²) in [6.45, 7) is 4.82. The molecular formula is C31H43F2N3O4. The zero-order chi connectivity index (χ0) is 28.7. The van der Waals surface area contributed by atoms with E-state index in [4.69, 9.17) is 14.2 Å². The topological polar surface area (TPSA) is 63.3 Å². The molecule has 1 aliphatic rings. The Labute approximate surface area is 237 Å². The second-order valence-corrected chi connectivity index (χ2v) is 9.96. The van der Waals surface area contributed by atoms with Gasteiger partial charge in [-0.3, -0.25) is 10.2 Å². The average molecular weight is 560 g/mol. The predicted molar refractivity (Wildman–Crippen MR) is 155 cm³/mol. The molecule has 2 aromatic carbocycles. The molecule has 1 saturated heterocycles. The van der Waals surface area contributed by atoms with E-state index in [1.807, 2.05) is 17.0 Å². The van der Waals surface area contributed by atoms with Gasteiger partial charge >= 0.3 is 0 Å². The Balaban J connectivity index is 1.47. The van der Waals surface area contributed by atoms with E-state index in [2.05, 4.69) is 12.3 Å². The molecule has 0 bridgehead atoms. The van der Waals surface area contributed by atoms with Crippen molar-refractivity contribution in [3.8, 4) is 17.2 Å². The number of unbranched alkanes of at least 4 members (excludes halogenated alkanes) is 7. The number of nitrogens with zero attached hydrogens (tertiary/aromatic N) is 2. The summed E-state index contributed by atoms with van der Waals surface area (Å²) in [6.07, 6.45) is 12.9. The van der Waals surface area contributed by atoms with Gasteiger partial charge in [-0.05, 0) is 42.3 Å². The van der Waals surface area contributed by atoms with E-state index in [9.17, 15) is 13.6 Å². The third-order valence-corrected chi connectivity index (χ3v) is 6.95. The summed E-state index contributed by atoms with van der Waals surface area (Å²) in [6, 6.07) is 7.19. The number of rotatable bonds is 16. The van der Waals surface area contributed by atoms with Gasteiger partial charge in [0.05, 0.1) is 26.5 Å². The first kappa shape index (κ1) is 31.2. The largest absolute Gasteiger partial charge is 0.493 e. The van der Waals surface area contributed by atoms with Gasteiger partial charge in [0.2, 0.25) is 5.75 Å². The van der Waals surface area contributed by atoms with Crippen LogP contribution in [0.4, 0.5) is 14.5 Å². The van der Waals surface area contributed by atoms with Crippen LogP contribution < -0.4 is 24.5 Å². The van der Waals surface area contributed by atoms with Gasteiger partial charge in [-0.2, -0.15) is 0 Å². The van der Waals surface area contributed by atoms with E-state index < -0.39 is 11.6 Å². The second-order valence-electron chi connectivity index (χ2n) is 9.96. The lowest BCUT2D eigenvalue weighted by Gasteiger charge is -2.35. The fourth-order valence-electron chi connectivity index (χ4n) is 4.71. The Morgan fingerprint density at radius 1 is 0.900 bits per heavy atom. The monoisotopic (exact) mass is 559 g/mol. The number of halogens is 2. The molecule has 0 aliphatic carbocycles. The number of nitrogens with one attached hydrogen (secondary N) is 1. The average Bonchev–Trinajstić information content (AvgIpc) is 2.95. The lowest BCUT2D eigenvalue weighted by atomic mass is 10.1. The molecule has 1 N–H and O–H groups in total. The molecule has 0 spiro atoms. The van der Waals surface area contributed by atoms with E-state index in [1.165, 1.54) is 56.7 Å². The minimum atomic E-state index is -0.602. The zero-order valence-electron chi connectivity index (χ0n) is 24.0. The minimum absolute atomic E-state index is 0.283. The van der Waals surface area contributed by atoms with Crippen LogP contribution in [0, 0.1) is 11.6 Å². The predicted octanol–water partition coefficient (Wildman–Crippen LogP) is 6.37. The molecule has 0 radical (unpaired) electrons. The van der Waals surface area contributed by atoms with Gasteiger partial charge in [-0.25, -0.2) is 13.8 Å². The fraction of sp³-hybridized carbons (Fsp3) is 0.516. The van der Waals surface area contributed by atoms with Crippen LogP contribution in [0.2, 0.25) is 0 Å². The van der Waals surface area contributed by atoms with Gasteiger partial charge in [-0.15, -0.1) is 0 Å². The van der Waals surface area contributed by atoms with E-state index in [0.29, 0.717) is 55.7 Å². The summed E-state index contributed by atoms with van der Waals surface area (Å²) < 4.78 is 44.4. The highest BCUT2D eigenvalue weighted by Crippen LogP contribution is 2.39. The van der Waals surface area contributed by atoms with E-state index in [-0.39, 0.29) is 5.91 Å². The first-order chi connectivity index (χ1) is 19.4. The molecule has 1 aliphatic heterocycles. The van der Waals surface area contributed by atoms with Crippen molar-refractivity contribution in [3.63, 3.8) is 0 Å². The molecule has 0 unspecified atom stereocenters. The van der Waals surface area contributed by atoms with Crippen LogP contribution in [0.3, 0.4) is 0 Å². The molecule has 1 heterocycles. The number of ether oxygens (including phenoxy) is 3. The molecule has 40 heavy (non-hydrogen) atoms. The quantitative estimate of drug-likeness (QED) is 0.191. The highest BCUT2D eigenvalue weighted by atomic mass is 19.1. The van der Waals surface area contributed by atoms with Crippen molar-refractivity contribution in [3.05, 3.63) is 53.6 Å². The summed E-state index contributed by atoms with van der Waals surface area (Å²) >= 11 is 0. The SMILES string of the molecule is CCCCCCCCCCOc1c(OC)cc(/C=C/C(=O)NN2CCN(c3ccc(F)cc3F)CC2)cc1OC. The van der Waals surface area contributed by atoms with Gasteiger partial charge in [0, 0.05) is 38.3 Å². The number of anilines is 1. The molecule has 0 saturated carbocycles. The smallest absolute Gasteiger partial charge is 0.258 e. The summed E-state index contributed by atoms with van der Waals surface area (Å²) in [5.74, 6) is 0.177. The van der Waals surface area contributed by atoms with E-state index in [1.54, 1.807) is 25.3 Å². The summed E-state index contributed by atoms with van der Waals surface area (Å²) in [5.41, 5.74) is 3.95. The number of hydrogen-bond acceptors (Lipinski definition) is 6. The minimum Gasteiger partial charge on any atom is -0.493 e. The lowest BCUT2D eigenvalue weighted by molar-refractivity contribution is -0.121. The summed E-state index contributed by atoms with van der Waals surface area (Å²) in [4.78, 5) is 14.4. The molecule has 7 nitrogen and oxygen atoms in total. The van der Waals surface area contributed by atoms with E-state index >= 15 is 0 Å². The van der Waals surface area contributed by atoms with Crippen molar-refractivity contribution in [2.75, 3.05) is 51.9 Å². The van der Waals surface area contributed by atoms with Gasteiger partial charge in [0.25, 0.3) is 5.91 Å². The van der Waals surface area contributed by atoms with Crippen molar-refractivity contribution in [1.82, 2.24) is 10.4 Å². The van der Waals surface area contributed by atoms with Crippen LogP contribution in [-0.2, 0) is 4.79 Å². The molecule has 1 fully saturated rings. The normalized spacial score (nSPS) is 14.0. The maximum atomic E-state index is 14.1. The molecule has 0 aromatic heterocycles. The van der Waals surface area contributed by atoms with Crippen molar-refractivity contribution in [2.45, 2.75) is 58.3 Å². The fourth-order valence-corrected chi connectivity index (χ4v) is 4.71. The van der Waals surface area contributed by atoms with Crippen LogP contribution in [0.15, 0.2) is 36.4 Å². The Hall–Kier alpha value is -3.33. The maximum Gasteiger partial charge on any atom is 0.258 e. The van der Waals surface area contributed by atoms with Gasteiger partial charge < -0.3 is 19.1 Å². The molecule has 3 rings (SSSR count). The van der Waals surface area contributed by atoms with Crippen LogP contribution in [0.25, 0.3) is 6.08 Å². The van der Waals surface area contributed by atoms with E-state index in [0.717, 1.165) is 24.5 Å². The summed E-state index contributed by atoms with van der Waals surface area (Å²) in [5, 5.41) is 1.79. The first-order valence-corrected chi connectivity index (χ1v) is 14.3. The number of carbonyl (C=O) groups excluding carboxylic acids is 1. The van der Waals surface area contributed by atoms with Gasteiger partial charge in [0.15, 0.2) is 11.5 Å². The Morgan fingerprint density at radius 2 is 1.52 bits per heavy atom. The van der Waals surface area contributed by atoms with Crippen LogP contribution in [-0.4, -0.2) is 57.9 Å². The Bertz CT molecular complexity index is 1080. The zero-order valence-corrected chi connectivity index (χ0v) is 24.0. The molecule has 1 amide bonds. The van der Waals surface area contributed by atoms with Gasteiger partial charge in [-0.1, -0.05) is 51.9 Å². The number of amides is 1. The summed E-state index contributed by atoms with van der Waals surface area (Å²) in [7, 11) is 3.16. The number of hydrogen-bond donors (Lipinski definition) is 1. The van der Waals surface area contributed by atoms with Crippen LogP contribution in [0.1, 0.15) is 63.9 Å². The number of benzene rings is 2. The highest BCUT2D eigenvalue weighted by Gasteiger charge is 2.20. The first-order valence-electron chi connectivity index (χ1n) is 14.3. The third-order valence-electron chi connectivity index (χ3n) is 6.95. The second kappa shape index (κ2) is 16.7. The lowest BCUT2D eigenvalue weighted by Crippen LogP contribution is -2.53. The van der Waals surface area contributed by atoms with Crippen molar-refractivity contribution in [2.24, 2.45) is 0 Å².